The number of fused-ring (bicyclic) bond motifs is 2. The molecule has 2 aliphatic heterocycles. The molecule has 0 aliphatic carbocycles. The highest BCUT2D eigenvalue weighted by Gasteiger charge is 2.46. The molecule has 2 amide bonds. The smallest absolute Gasteiger partial charge is 0.322 e. The molecule has 4 aromatic rings. The Hall–Kier alpha value is -3.72. The molecule has 2 N–H and O–H groups in total. The van der Waals surface area contributed by atoms with E-state index in [0.29, 0.717) is 22.2 Å². The van der Waals surface area contributed by atoms with Gasteiger partial charge in [-0.15, -0.1) is 0 Å². The molecule has 2 aliphatic rings. The van der Waals surface area contributed by atoms with E-state index in [4.69, 9.17) is 23.2 Å². The quantitative estimate of drug-likeness (QED) is 0.245. The van der Waals surface area contributed by atoms with Crippen LogP contribution < -0.4 is 10.2 Å². The molecule has 210 valence electrons. The van der Waals surface area contributed by atoms with Crippen LogP contribution in [0.5, 0.6) is 0 Å². The summed E-state index contributed by atoms with van der Waals surface area (Å²) in [7, 11) is 0. The van der Waals surface area contributed by atoms with Gasteiger partial charge in [-0.25, -0.2) is 9.78 Å². The average molecular weight is 592 g/mol. The summed E-state index contributed by atoms with van der Waals surface area (Å²) < 4.78 is 13.5. The van der Waals surface area contributed by atoms with Gasteiger partial charge in [-0.3, -0.25) is 14.9 Å². The van der Waals surface area contributed by atoms with Crippen molar-refractivity contribution >= 4 is 41.0 Å². The molecule has 0 atom stereocenters. The number of hydrogen-bond donors (Lipinski definition) is 2. The molecule has 0 unspecified atom stereocenters. The van der Waals surface area contributed by atoms with Crippen LogP contribution in [0.25, 0.3) is 17.2 Å². The fourth-order valence-corrected chi connectivity index (χ4v) is 6.12. The summed E-state index contributed by atoms with van der Waals surface area (Å²) in [5, 5.41) is 11.1. The molecule has 10 heteroatoms. The fourth-order valence-electron chi connectivity index (χ4n) is 5.81. The van der Waals surface area contributed by atoms with Crippen molar-refractivity contribution in [3.05, 3.63) is 106 Å². The Bertz CT molecular complexity index is 1580. The van der Waals surface area contributed by atoms with Crippen LogP contribution in [0.4, 0.5) is 14.9 Å². The van der Waals surface area contributed by atoms with Gasteiger partial charge in [0.25, 0.3) is 0 Å². The zero-order valence-electron chi connectivity index (χ0n) is 22.3. The number of aromatic amines is 1. The number of carbonyl (C=O) groups excluding carboxylic acids is 1. The van der Waals surface area contributed by atoms with Gasteiger partial charge in [0.1, 0.15) is 0 Å². The number of amides is 2. The molecule has 1 saturated heterocycles. The summed E-state index contributed by atoms with van der Waals surface area (Å²) >= 11 is 12.2. The zero-order valence-corrected chi connectivity index (χ0v) is 23.8. The predicted molar refractivity (Wildman–Crippen MR) is 161 cm³/mol. The summed E-state index contributed by atoms with van der Waals surface area (Å²) in [4.78, 5) is 21.3. The molecule has 0 radical (unpaired) electrons. The van der Waals surface area contributed by atoms with Crippen molar-refractivity contribution in [2.75, 3.05) is 31.1 Å². The number of hydrogen-bond acceptors (Lipinski definition) is 4. The van der Waals surface area contributed by atoms with Gasteiger partial charge in [0.15, 0.2) is 0 Å². The number of urea groups is 1. The van der Waals surface area contributed by atoms with Gasteiger partial charge in [0, 0.05) is 48.7 Å². The van der Waals surface area contributed by atoms with Crippen molar-refractivity contribution in [3.8, 4) is 11.1 Å². The molecule has 0 saturated carbocycles. The van der Waals surface area contributed by atoms with E-state index in [-0.39, 0.29) is 18.0 Å². The second kappa shape index (κ2) is 11.6. The van der Waals surface area contributed by atoms with E-state index in [1.54, 1.807) is 12.1 Å². The Kier molecular flexibility index (Phi) is 7.79. The first-order valence-corrected chi connectivity index (χ1v) is 14.3. The second-order valence-electron chi connectivity index (χ2n) is 10.6. The number of anilines is 1. The van der Waals surface area contributed by atoms with Gasteiger partial charge >= 0.3 is 6.03 Å². The van der Waals surface area contributed by atoms with E-state index >= 15 is 0 Å². The predicted octanol–water partition coefficient (Wildman–Crippen LogP) is 6.69. The number of carbonyl (C=O) groups is 1. The summed E-state index contributed by atoms with van der Waals surface area (Å²) in [6, 6.07) is 14.7. The molecule has 6 rings (SSSR count). The normalized spacial score (nSPS) is 16.4. The molecule has 4 heterocycles. The van der Waals surface area contributed by atoms with Crippen molar-refractivity contribution in [1.29, 1.82) is 0 Å². The van der Waals surface area contributed by atoms with Crippen molar-refractivity contribution in [1.82, 2.24) is 25.4 Å². The van der Waals surface area contributed by atoms with Gasteiger partial charge < -0.3 is 5.32 Å². The largest absolute Gasteiger partial charge is 0.334 e. The van der Waals surface area contributed by atoms with Crippen LogP contribution in [-0.4, -0.2) is 52.3 Å². The maximum absolute atomic E-state index is 13.5. The van der Waals surface area contributed by atoms with E-state index in [2.05, 4.69) is 43.6 Å². The fraction of sp³-hybridized carbons (Fsp3) is 0.258. The monoisotopic (exact) mass is 590 g/mol. The number of benzene rings is 2. The molecule has 41 heavy (non-hydrogen) atoms. The molecule has 1 fully saturated rings. The minimum absolute atomic E-state index is 0.154. The van der Waals surface area contributed by atoms with Gasteiger partial charge in [-0.2, -0.15) is 9.49 Å². The van der Waals surface area contributed by atoms with Gasteiger partial charge in [0.05, 0.1) is 16.2 Å². The van der Waals surface area contributed by atoms with Crippen LogP contribution >= 0.6 is 23.2 Å². The highest BCUT2D eigenvalue weighted by Crippen LogP contribution is 2.48. The van der Waals surface area contributed by atoms with Crippen molar-refractivity contribution in [2.45, 2.75) is 24.8 Å². The van der Waals surface area contributed by atoms with Gasteiger partial charge in [-0.1, -0.05) is 47.5 Å². The van der Waals surface area contributed by atoms with Gasteiger partial charge in [0.2, 0.25) is 5.95 Å². The van der Waals surface area contributed by atoms with Crippen LogP contribution in [0.1, 0.15) is 29.5 Å². The maximum atomic E-state index is 13.5. The average Bonchev–Trinajstić information content (AvgIpc) is 3.62. The first-order chi connectivity index (χ1) is 19.9. The van der Waals surface area contributed by atoms with Crippen molar-refractivity contribution < 1.29 is 9.18 Å². The number of nitrogens with one attached hydrogen (secondary N) is 2. The van der Waals surface area contributed by atoms with Crippen molar-refractivity contribution in [3.63, 3.8) is 0 Å². The second-order valence-corrected chi connectivity index (χ2v) is 11.4. The summed E-state index contributed by atoms with van der Waals surface area (Å²) in [5.74, 6) is -0.562. The van der Waals surface area contributed by atoms with Gasteiger partial charge in [-0.05, 0) is 84.6 Å². The molecule has 2 aromatic carbocycles. The Morgan fingerprint density at radius 3 is 2.68 bits per heavy atom. The third-order valence-electron chi connectivity index (χ3n) is 8.06. The van der Waals surface area contributed by atoms with Crippen LogP contribution in [-0.2, 0) is 12.0 Å². The molecule has 2 aromatic heterocycles. The standard InChI is InChI=1S/C31H29Cl2FN6O/c32-26-5-3-21(14-27(26)33)2-1-11-39-12-8-31(9-13-39)20-40(30(41)36-17-22-7-10-35-29(34)15-22)28-6-4-23(16-25(28)31)24-18-37-38-19-24/h1-7,10,14-16,18-19H,8-9,11-13,17,20H2,(H,36,41)(H,37,38). The van der Waals surface area contributed by atoms with Crippen LogP contribution in [0.2, 0.25) is 10.0 Å². The third kappa shape index (κ3) is 5.86. The number of aromatic nitrogens is 3. The molecule has 1 spiro atoms. The maximum Gasteiger partial charge on any atom is 0.322 e. The van der Waals surface area contributed by atoms with E-state index in [1.807, 2.05) is 41.6 Å². The summed E-state index contributed by atoms with van der Waals surface area (Å²) in [6.45, 7) is 3.47. The highest BCUT2D eigenvalue weighted by molar-refractivity contribution is 6.42. The number of H-pyrrole nitrogens is 1. The van der Waals surface area contributed by atoms with Crippen LogP contribution in [0.3, 0.4) is 0 Å². The number of piperidine rings is 1. The Balaban J connectivity index is 1.18. The van der Waals surface area contributed by atoms with Crippen molar-refractivity contribution in [2.24, 2.45) is 0 Å². The SMILES string of the molecule is O=C(NCc1ccnc(F)c1)N1CC2(CCN(CC=Cc3ccc(Cl)c(Cl)c3)CC2)c2cc(-c3cn[nH]c3)ccc21. The first-order valence-electron chi connectivity index (χ1n) is 13.5. The Morgan fingerprint density at radius 2 is 1.93 bits per heavy atom. The zero-order chi connectivity index (χ0) is 28.4. The summed E-state index contributed by atoms with van der Waals surface area (Å²) in [5.41, 5.74) is 5.71. The van der Waals surface area contributed by atoms with Crippen LogP contribution in [0.15, 0.2) is 73.2 Å². The van der Waals surface area contributed by atoms with Crippen LogP contribution in [0, 0.1) is 5.95 Å². The lowest BCUT2D eigenvalue weighted by Gasteiger charge is -2.39. The molecule has 0 bridgehead atoms. The minimum Gasteiger partial charge on any atom is -0.334 e. The topological polar surface area (TPSA) is 77.2 Å². The number of pyridine rings is 1. The van der Waals surface area contributed by atoms with E-state index in [9.17, 15) is 9.18 Å². The number of rotatable bonds is 6. The lowest BCUT2D eigenvalue weighted by atomic mass is 9.74. The highest BCUT2D eigenvalue weighted by atomic mass is 35.5. The molecular weight excluding hydrogens is 562 g/mol. The molecular formula is C31H29Cl2FN6O. The number of likely N-dealkylation sites (tertiary alicyclic amines) is 1. The van der Waals surface area contributed by atoms with E-state index in [1.165, 1.54) is 17.8 Å². The first kappa shape index (κ1) is 27.4. The number of halogens is 3. The number of nitrogens with zero attached hydrogens (tertiary/aromatic N) is 4. The molecule has 7 nitrogen and oxygen atoms in total. The van der Waals surface area contributed by atoms with E-state index in [0.717, 1.165) is 54.9 Å². The minimum atomic E-state index is -0.562. The third-order valence-corrected chi connectivity index (χ3v) is 8.80. The lowest BCUT2D eigenvalue weighted by molar-refractivity contribution is 0.180. The lowest BCUT2D eigenvalue weighted by Crippen LogP contribution is -2.47. The Morgan fingerprint density at radius 1 is 1.07 bits per heavy atom. The Labute approximate surface area is 248 Å². The van der Waals surface area contributed by atoms with E-state index < -0.39 is 5.95 Å². The summed E-state index contributed by atoms with van der Waals surface area (Å²) in [6.07, 6.45) is 11.2.